The topological polar surface area (TPSA) is 65.0 Å². The summed E-state index contributed by atoms with van der Waals surface area (Å²) in [4.78, 5) is 30.8. The van der Waals surface area contributed by atoms with Crippen LogP contribution in [0.15, 0.2) is 52.2 Å². The van der Waals surface area contributed by atoms with Gasteiger partial charge in [-0.25, -0.2) is 10.0 Å². The fourth-order valence-corrected chi connectivity index (χ4v) is 3.07. The zero-order valence-electron chi connectivity index (χ0n) is 13.5. The maximum atomic E-state index is 12.7. The fourth-order valence-electron chi connectivity index (χ4n) is 2.41. The molecule has 3 rings (SSSR count). The Kier molecular flexibility index (Phi) is 4.61. The van der Waals surface area contributed by atoms with Gasteiger partial charge in [-0.15, -0.1) is 0 Å². The summed E-state index contributed by atoms with van der Waals surface area (Å²) in [5.74, 6) is -0.275. The summed E-state index contributed by atoms with van der Waals surface area (Å²) >= 11 is 1.59. The molecule has 0 unspecified atom stereocenters. The average Bonchev–Trinajstić information content (AvgIpc) is 3.10. The fraction of sp³-hybridized carbons (Fsp3) is 0.235. The normalized spacial score (nSPS) is 17.2. The van der Waals surface area contributed by atoms with Gasteiger partial charge in [0.25, 0.3) is 11.8 Å². The number of amidine groups is 1. The van der Waals surface area contributed by atoms with Crippen molar-refractivity contribution < 1.29 is 9.59 Å². The molecular weight excluding hydrogens is 324 g/mol. The second-order valence-corrected chi connectivity index (χ2v) is 6.35. The van der Waals surface area contributed by atoms with E-state index in [9.17, 15) is 9.59 Å². The summed E-state index contributed by atoms with van der Waals surface area (Å²) in [7, 11) is 1.72. The average molecular weight is 342 g/mol. The lowest BCUT2D eigenvalue weighted by Crippen LogP contribution is -2.58. The van der Waals surface area contributed by atoms with Gasteiger partial charge in [-0.1, -0.05) is 18.2 Å². The number of rotatable bonds is 4. The minimum atomic E-state index is -0.611. The Morgan fingerprint density at radius 1 is 1.33 bits per heavy atom. The summed E-state index contributed by atoms with van der Waals surface area (Å²) in [5.41, 5.74) is 4.60. The standard InChI is InChI=1S/C17H18N4O2S/c1-12-16(22)21(14-6-4-3-5-7-14)19-15(18-12)17(23)20(2)10-13-8-9-24-11-13/h3-9,11-12H,10H2,1-2H3,(H,18,19)/t12-/m0/s1. The van der Waals surface area contributed by atoms with Gasteiger partial charge in [0.15, 0.2) is 0 Å². The zero-order valence-corrected chi connectivity index (χ0v) is 14.3. The second kappa shape index (κ2) is 6.84. The molecule has 0 bridgehead atoms. The monoisotopic (exact) mass is 342 g/mol. The molecule has 0 spiro atoms. The highest BCUT2D eigenvalue weighted by atomic mass is 32.1. The molecule has 0 fully saturated rings. The third-order valence-corrected chi connectivity index (χ3v) is 4.41. The highest BCUT2D eigenvalue weighted by molar-refractivity contribution is 7.07. The van der Waals surface area contributed by atoms with E-state index in [1.807, 2.05) is 35.0 Å². The summed E-state index contributed by atoms with van der Waals surface area (Å²) in [6.07, 6.45) is 0. The van der Waals surface area contributed by atoms with Crippen molar-refractivity contribution in [2.45, 2.75) is 19.5 Å². The van der Waals surface area contributed by atoms with Crippen LogP contribution in [0.2, 0.25) is 0 Å². The Balaban J connectivity index is 1.78. The number of hydrogen-bond donors (Lipinski definition) is 1. The summed E-state index contributed by atoms with van der Waals surface area (Å²) in [5, 5.41) is 5.35. The number of nitrogens with zero attached hydrogens (tertiary/aromatic N) is 3. The van der Waals surface area contributed by atoms with Crippen LogP contribution in [0.3, 0.4) is 0 Å². The molecule has 1 aliphatic rings. The van der Waals surface area contributed by atoms with Crippen molar-refractivity contribution in [1.29, 1.82) is 0 Å². The molecular formula is C17H18N4O2S. The van der Waals surface area contributed by atoms with Crippen LogP contribution < -0.4 is 10.4 Å². The van der Waals surface area contributed by atoms with Gasteiger partial charge in [-0.05, 0) is 41.4 Å². The van der Waals surface area contributed by atoms with Crippen molar-refractivity contribution in [2.24, 2.45) is 4.99 Å². The van der Waals surface area contributed by atoms with Crippen LogP contribution in [0.4, 0.5) is 5.69 Å². The number of anilines is 1. The predicted molar refractivity (Wildman–Crippen MR) is 94.8 cm³/mol. The molecule has 6 nitrogen and oxygen atoms in total. The highest BCUT2D eigenvalue weighted by Crippen LogP contribution is 2.16. The van der Waals surface area contributed by atoms with Gasteiger partial charge in [0.05, 0.1) is 5.69 Å². The number of carbonyl (C=O) groups is 2. The lowest BCUT2D eigenvalue weighted by atomic mass is 10.2. The molecule has 1 aromatic carbocycles. The van der Waals surface area contributed by atoms with Gasteiger partial charge in [-0.3, -0.25) is 15.0 Å². The zero-order chi connectivity index (χ0) is 17.1. The molecule has 7 heteroatoms. The lowest BCUT2D eigenvalue weighted by Gasteiger charge is -2.31. The third-order valence-electron chi connectivity index (χ3n) is 3.68. The van der Waals surface area contributed by atoms with E-state index in [0.717, 1.165) is 5.56 Å². The van der Waals surface area contributed by atoms with E-state index in [2.05, 4.69) is 10.4 Å². The number of carbonyl (C=O) groups excluding carboxylic acids is 2. The first-order chi connectivity index (χ1) is 11.6. The third kappa shape index (κ3) is 3.30. The minimum Gasteiger partial charge on any atom is -0.335 e. The van der Waals surface area contributed by atoms with Crippen molar-refractivity contribution in [3.8, 4) is 0 Å². The molecule has 0 radical (unpaired) electrons. The number of thiophene rings is 1. The first-order valence-electron chi connectivity index (χ1n) is 7.56. The predicted octanol–water partition coefficient (Wildman–Crippen LogP) is 2.04. The van der Waals surface area contributed by atoms with Gasteiger partial charge < -0.3 is 4.90 Å². The van der Waals surface area contributed by atoms with Crippen molar-refractivity contribution in [1.82, 2.24) is 10.3 Å². The van der Waals surface area contributed by atoms with Crippen molar-refractivity contribution in [2.75, 3.05) is 12.1 Å². The molecule has 1 aromatic heterocycles. The van der Waals surface area contributed by atoms with E-state index in [1.165, 1.54) is 5.01 Å². The summed E-state index contributed by atoms with van der Waals surface area (Å²) in [6.45, 7) is 2.18. The first-order valence-corrected chi connectivity index (χ1v) is 8.50. The van der Waals surface area contributed by atoms with Crippen LogP contribution in [-0.2, 0) is 16.1 Å². The SMILES string of the molecule is C[C@@H]1N=C(C(=O)N(C)Cc2ccsc2)NN(c2ccccc2)C1=O. The molecule has 2 heterocycles. The second-order valence-electron chi connectivity index (χ2n) is 5.57. The van der Waals surface area contributed by atoms with Crippen LogP contribution in [0, 0.1) is 0 Å². The molecule has 0 saturated heterocycles. The summed E-state index contributed by atoms with van der Waals surface area (Å²) in [6, 6.07) is 10.5. The number of benzene rings is 1. The molecule has 124 valence electrons. The van der Waals surface area contributed by atoms with E-state index in [4.69, 9.17) is 0 Å². The molecule has 24 heavy (non-hydrogen) atoms. The molecule has 1 aliphatic heterocycles. The minimum absolute atomic E-state index is 0.170. The van der Waals surface area contributed by atoms with E-state index in [-0.39, 0.29) is 17.6 Å². The van der Waals surface area contributed by atoms with Crippen LogP contribution in [-0.4, -0.2) is 35.6 Å². The van der Waals surface area contributed by atoms with Gasteiger partial charge in [0, 0.05) is 13.6 Å². The number of hydrazine groups is 1. The van der Waals surface area contributed by atoms with E-state index in [0.29, 0.717) is 12.2 Å². The van der Waals surface area contributed by atoms with E-state index in [1.54, 1.807) is 42.3 Å². The molecule has 1 atom stereocenters. The molecule has 0 saturated carbocycles. The number of aliphatic imine (C=N–C) groups is 1. The first kappa shape index (κ1) is 16.2. The van der Waals surface area contributed by atoms with Crippen LogP contribution >= 0.6 is 11.3 Å². The number of nitrogens with one attached hydrogen (secondary N) is 1. The maximum Gasteiger partial charge on any atom is 0.290 e. The Morgan fingerprint density at radius 3 is 2.75 bits per heavy atom. The Hall–Kier alpha value is -2.67. The largest absolute Gasteiger partial charge is 0.335 e. The van der Waals surface area contributed by atoms with Crippen LogP contribution in [0.1, 0.15) is 12.5 Å². The number of likely N-dealkylation sites (N-methyl/N-ethyl adjacent to an activating group) is 1. The Labute approximate surface area is 144 Å². The molecule has 0 aliphatic carbocycles. The lowest BCUT2D eigenvalue weighted by molar-refractivity contribution is -0.124. The number of hydrogen-bond acceptors (Lipinski definition) is 5. The van der Waals surface area contributed by atoms with E-state index >= 15 is 0 Å². The smallest absolute Gasteiger partial charge is 0.290 e. The van der Waals surface area contributed by atoms with Crippen LogP contribution in [0.25, 0.3) is 0 Å². The molecule has 2 amide bonds. The van der Waals surface area contributed by atoms with Gasteiger partial charge >= 0.3 is 0 Å². The quantitative estimate of drug-likeness (QED) is 0.925. The van der Waals surface area contributed by atoms with Gasteiger partial charge in [0.1, 0.15) is 6.04 Å². The van der Waals surface area contributed by atoms with Crippen molar-refractivity contribution in [3.05, 3.63) is 52.7 Å². The van der Waals surface area contributed by atoms with Gasteiger partial charge in [-0.2, -0.15) is 11.3 Å². The molecule has 2 aromatic rings. The molecule has 1 N–H and O–H groups in total. The maximum absolute atomic E-state index is 12.7. The Morgan fingerprint density at radius 2 is 2.08 bits per heavy atom. The Bertz CT molecular complexity index is 758. The number of para-hydroxylation sites is 1. The van der Waals surface area contributed by atoms with Crippen molar-refractivity contribution in [3.63, 3.8) is 0 Å². The number of amides is 2. The summed E-state index contributed by atoms with van der Waals surface area (Å²) < 4.78 is 0. The van der Waals surface area contributed by atoms with Crippen molar-refractivity contribution >= 4 is 34.7 Å². The van der Waals surface area contributed by atoms with Gasteiger partial charge in [0.2, 0.25) is 5.84 Å². The van der Waals surface area contributed by atoms with Crippen LogP contribution in [0.5, 0.6) is 0 Å². The van der Waals surface area contributed by atoms with E-state index < -0.39 is 6.04 Å². The highest BCUT2D eigenvalue weighted by Gasteiger charge is 2.31.